The molecule has 3 rings (SSSR count). The second-order valence-electron chi connectivity index (χ2n) is 5.82. The molecule has 0 aromatic heterocycles. The Morgan fingerprint density at radius 1 is 1.30 bits per heavy atom. The molecular weight excluding hydrogens is 298 g/mol. The average molecular weight is 317 g/mol. The van der Waals surface area contributed by atoms with Gasteiger partial charge in [0.25, 0.3) is 5.91 Å². The van der Waals surface area contributed by atoms with Crippen molar-refractivity contribution in [2.75, 3.05) is 7.11 Å². The van der Waals surface area contributed by atoms with Gasteiger partial charge in [-0.2, -0.15) is 0 Å². The highest BCUT2D eigenvalue weighted by Gasteiger charge is 2.39. The van der Waals surface area contributed by atoms with E-state index in [1.807, 2.05) is 0 Å². The van der Waals surface area contributed by atoms with E-state index in [2.05, 4.69) is 10.6 Å². The first kappa shape index (κ1) is 15.3. The third kappa shape index (κ3) is 3.61. The van der Waals surface area contributed by atoms with Crippen LogP contribution in [0.2, 0.25) is 0 Å². The number of methoxy groups -OCH3 is 1. The molecule has 122 valence electrons. The van der Waals surface area contributed by atoms with Gasteiger partial charge in [0.1, 0.15) is 11.8 Å². The standard InChI is InChI=1S/C16H19N3O4/c1-23-12-6-2-10(3-7-12)9-19-15(21)13(18-16(19)22)8-14(20)17-11-4-5-11/h2-3,6-7,11,13H,4-5,8-9H2,1H3,(H,17,20)(H,18,22)/t13-/m1/s1. The summed E-state index contributed by atoms with van der Waals surface area (Å²) < 4.78 is 5.07. The van der Waals surface area contributed by atoms with Gasteiger partial charge in [0.2, 0.25) is 5.91 Å². The van der Waals surface area contributed by atoms with Crippen molar-refractivity contribution < 1.29 is 19.1 Å². The average Bonchev–Trinajstić information content (AvgIpc) is 3.31. The van der Waals surface area contributed by atoms with Crippen LogP contribution in [0.25, 0.3) is 0 Å². The highest BCUT2D eigenvalue weighted by Crippen LogP contribution is 2.20. The first-order chi connectivity index (χ1) is 11.1. The lowest BCUT2D eigenvalue weighted by atomic mass is 10.1. The number of imide groups is 1. The van der Waals surface area contributed by atoms with Gasteiger partial charge in [0.15, 0.2) is 0 Å². The van der Waals surface area contributed by atoms with Crippen LogP contribution in [0.1, 0.15) is 24.8 Å². The number of benzene rings is 1. The molecule has 0 radical (unpaired) electrons. The summed E-state index contributed by atoms with van der Waals surface area (Å²) in [6.45, 7) is 0.176. The molecule has 2 aliphatic rings. The molecule has 1 atom stereocenters. The van der Waals surface area contributed by atoms with Crippen LogP contribution in [-0.4, -0.2) is 41.9 Å². The molecule has 1 aliphatic heterocycles. The molecule has 1 heterocycles. The van der Waals surface area contributed by atoms with Crippen LogP contribution in [0, 0.1) is 0 Å². The number of hydrogen-bond acceptors (Lipinski definition) is 4. The van der Waals surface area contributed by atoms with Gasteiger partial charge in [0, 0.05) is 6.04 Å². The number of hydrogen-bond donors (Lipinski definition) is 2. The number of amides is 4. The van der Waals surface area contributed by atoms with Crippen molar-refractivity contribution in [3.8, 4) is 5.75 Å². The fourth-order valence-electron chi connectivity index (χ4n) is 2.48. The van der Waals surface area contributed by atoms with E-state index in [-0.39, 0.29) is 30.8 Å². The zero-order chi connectivity index (χ0) is 16.4. The first-order valence-electron chi connectivity index (χ1n) is 7.61. The van der Waals surface area contributed by atoms with Crippen LogP contribution in [-0.2, 0) is 16.1 Å². The molecule has 7 nitrogen and oxygen atoms in total. The maximum absolute atomic E-state index is 12.3. The molecule has 1 saturated carbocycles. The van der Waals surface area contributed by atoms with Crippen LogP contribution in [0.3, 0.4) is 0 Å². The van der Waals surface area contributed by atoms with E-state index in [0.29, 0.717) is 5.75 Å². The minimum absolute atomic E-state index is 0.0137. The van der Waals surface area contributed by atoms with E-state index < -0.39 is 12.1 Å². The van der Waals surface area contributed by atoms with Crippen molar-refractivity contribution in [2.24, 2.45) is 0 Å². The number of carbonyl (C=O) groups excluding carboxylic acids is 3. The van der Waals surface area contributed by atoms with Gasteiger partial charge in [-0.3, -0.25) is 14.5 Å². The summed E-state index contributed by atoms with van der Waals surface area (Å²) >= 11 is 0. The van der Waals surface area contributed by atoms with Crippen molar-refractivity contribution >= 4 is 17.8 Å². The molecule has 2 fully saturated rings. The monoisotopic (exact) mass is 317 g/mol. The van der Waals surface area contributed by atoms with Gasteiger partial charge >= 0.3 is 6.03 Å². The molecule has 7 heteroatoms. The Morgan fingerprint density at radius 3 is 2.61 bits per heavy atom. The maximum Gasteiger partial charge on any atom is 0.325 e. The molecule has 1 saturated heterocycles. The van der Waals surface area contributed by atoms with Gasteiger partial charge in [-0.1, -0.05) is 12.1 Å². The number of rotatable bonds is 6. The van der Waals surface area contributed by atoms with Crippen molar-refractivity contribution in [2.45, 2.75) is 37.9 Å². The summed E-state index contributed by atoms with van der Waals surface area (Å²) in [5.41, 5.74) is 0.817. The Labute approximate surface area is 134 Å². The van der Waals surface area contributed by atoms with E-state index in [0.717, 1.165) is 23.3 Å². The maximum atomic E-state index is 12.3. The van der Waals surface area contributed by atoms with Crippen LogP contribution in [0.15, 0.2) is 24.3 Å². The van der Waals surface area contributed by atoms with E-state index in [1.54, 1.807) is 31.4 Å². The molecule has 1 aliphatic carbocycles. The highest BCUT2D eigenvalue weighted by atomic mass is 16.5. The molecule has 1 aromatic rings. The molecule has 1 aromatic carbocycles. The molecular formula is C16H19N3O4. The minimum atomic E-state index is -0.778. The number of ether oxygens (including phenoxy) is 1. The number of nitrogens with zero attached hydrogens (tertiary/aromatic N) is 1. The van der Waals surface area contributed by atoms with Crippen molar-refractivity contribution in [3.05, 3.63) is 29.8 Å². The lowest BCUT2D eigenvalue weighted by Crippen LogP contribution is -2.37. The summed E-state index contributed by atoms with van der Waals surface area (Å²) in [4.78, 5) is 37.2. The molecule has 2 N–H and O–H groups in total. The molecule has 4 amide bonds. The topological polar surface area (TPSA) is 87.7 Å². The smallest absolute Gasteiger partial charge is 0.325 e. The van der Waals surface area contributed by atoms with E-state index >= 15 is 0 Å². The molecule has 23 heavy (non-hydrogen) atoms. The van der Waals surface area contributed by atoms with Gasteiger partial charge < -0.3 is 15.4 Å². The number of nitrogens with one attached hydrogen (secondary N) is 2. The van der Waals surface area contributed by atoms with Crippen LogP contribution in [0.4, 0.5) is 4.79 Å². The summed E-state index contributed by atoms with van der Waals surface area (Å²) in [6.07, 6.45) is 1.96. The van der Waals surface area contributed by atoms with Crippen LogP contribution < -0.4 is 15.4 Å². The zero-order valence-corrected chi connectivity index (χ0v) is 12.9. The molecule has 0 spiro atoms. The summed E-state index contributed by atoms with van der Waals surface area (Å²) in [5, 5.41) is 5.39. The Kier molecular flexibility index (Phi) is 4.18. The normalized spacial score (nSPS) is 20.4. The second-order valence-corrected chi connectivity index (χ2v) is 5.82. The predicted octanol–water partition coefficient (Wildman–Crippen LogP) is 0.784. The lowest BCUT2D eigenvalue weighted by molar-refractivity contribution is -0.131. The largest absolute Gasteiger partial charge is 0.497 e. The number of urea groups is 1. The minimum Gasteiger partial charge on any atom is -0.497 e. The van der Waals surface area contributed by atoms with Gasteiger partial charge in [-0.05, 0) is 30.5 Å². The first-order valence-corrected chi connectivity index (χ1v) is 7.61. The third-order valence-corrected chi connectivity index (χ3v) is 3.94. The predicted molar refractivity (Wildman–Crippen MR) is 81.6 cm³/mol. The quantitative estimate of drug-likeness (QED) is 0.759. The van der Waals surface area contributed by atoms with Crippen molar-refractivity contribution in [1.82, 2.24) is 15.5 Å². The van der Waals surface area contributed by atoms with Crippen molar-refractivity contribution in [1.29, 1.82) is 0 Å². The van der Waals surface area contributed by atoms with E-state index in [9.17, 15) is 14.4 Å². The van der Waals surface area contributed by atoms with Gasteiger partial charge in [-0.15, -0.1) is 0 Å². The van der Waals surface area contributed by atoms with E-state index in [4.69, 9.17) is 4.74 Å². The summed E-state index contributed by atoms with van der Waals surface area (Å²) in [7, 11) is 1.57. The van der Waals surface area contributed by atoms with Gasteiger partial charge in [0.05, 0.1) is 20.1 Å². The van der Waals surface area contributed by atoms with E-state index in [1.165, 1.54) is 0 Å². The third-order valence-electron chi connectivity index (χ3n) is 3.94. The number of carbonyl (C=O) groups is 3. The summed E-state index contributed by atoms with van der Waals surface area (Å²) in [5.74, 6) is 0.148. The fourth-order valence-corrected chi connectivity index (χ4v) is 2.48. The SMILES string of the molecule is COc1ccc(CN2C(=O)N[C@H](CC(=O)NC3CC3)C2=O)cc1. The zero-order valence-electron chi connectivity index (χ0n) is 12.9. The lowest BCUT2D eigenvalue weighted by Gasteiger charge is -2.13. The Hall–Kier alpha value is -2.57. The van der Waals surface area contributed by atoms with Crippen LogP contribution in [0.5, 0.6) is 5.75 Å². The fraction of sp³-hybridized carbons (Fsp3) is 0.438. The Morgan fingerprint density at radius 2 is 2.00 bits per heavy atom. The van der Waals surface area contributed by atoms with Crippen molar-refractivity contribution in [3.63, 3.8) is 0 Å². The Balaban J connectivity index is 1.59. The van der Waals surface area contributed by atoms with Crippen LogP contribution >= 0.6 is 0 Å². The summed E-state index contributed by atoms with van der Waals surface area (Å²) in [6, 6.07) is 6.14. The van der Waals surface area contributed by atoms with Gasteiger partial charge in [-0.25, -0.2) is 4.79 Å². The highest BCUT2D eigenvalue weighted by molar-refractivity contribution is 6.05. The molecule has 0 bridgehead atoms. The second kappa shape index (κ2) is 6.28. The molecule has 0 unspecified atom stereocenters. The Bertz CT molecular complexity index is 625.